The maximum absolute atomic E-state index is 12.5. The molecule has 2 rings (SSSR count). The zero-order valence-electron chi connectivity index (χ0n) is 12.1. The fraction of sp³-hybridized carbons (Fsp3) is 0.562. The summed E-state index contributed by atoms with van der Waals surface area (Å²) in [5, 5.41) is 0.0913. The Balaban J connectivity index is 1.83. The minimum Gasteiger partial charge on any atom is -0.385 e. The van der Waals surface area contributed by atoms with Crippen molar-refractivity contribution >= 4 is 17.7 Å². The molecule has 0 spiro atoms. The second kappa shape index (κ2) is 8.32. The molecular weight excluding hydrogens is 270 g/mol. The van der Waals surface area contributed by atoms with E-state index in [9.17, 15) is 4.79 Å². The van der Waals surface area contributed by atoms with Crippen LogP contribution in [0.1, 0.15) is 25.7 Å². The summed E-state index contributed by atoms with van der Waals surface area (Å²) >= 11 is 1.70. The van der Waals surface area contributed by atoms with Gasteiger partial charge in [-0.05, 0) is 37.8 Å². The second-order valence-corrected chi connectivity index (χ2v) is 6.36. The predicted molar refractivity (Wildman–Crippen MR) is 83.0 cm³/mol. The number of methoxy groups -OCH3 is 1. The Morgan fingerprint density at radius 2 is 2.10 bits per heavy atom. The van der Waals surface area contributed by atoms with Gasteiger partial charge in [-0.25, -0.2) is 0 Å². The monoisotopic (exact) mass is 293 g/mol. The molecule has 1 saturated heterocycles. The number of nitrogens with zero attached hydrogens (tertiary/aromatic N) is 1. The van der Waals surface area contributed by atoms with Crippen molar-refractivity contribution in [2.24, 2.45) is 0 Å². The normalized spacial score (nSPS) is 19.4. The molecule has 20 heavy (non-hydrogen) atoms. The lowest BCUT2D eigenvalue weighted by molar-refractivity contribution is -0.132. The number of piperidine rings is 1. The van der Waals surface area contributed by atoms with Crippen LogP contribution in [0.2, 0.25) is 0 Å². The first kappa shape index (κ1) is 15.4. The topological polar surface area (TPSA) is 29.5 Å². The summed E-state index contributed by atoms with van der Waals surface area (Å²) in [5.41, 5.74) is 0. The van der Waals surface area contributed by atoms with Crippen LogP contribution < -0.4 is 0 Å². The molecule has 0 saturated carbocycles. The summed E-state index contributed by atoms with van der Waals surface area (Å²) in [7, 11) is 1.72. The van der Waals surface area contributed by atoms with Crippen molar-refractivity contribution in [2.45, 2.75) is 35.8 Å². The van der Waals surface area contributed by atoms with Crippen LogP contribution in [0, 0.1) is 0 Å². The molecule has 1 atom stereocenters. The lowest BCUT2D eigenvalue weighted by atomic mass is 10.1. The highest BCUT2D eigenvalue weighted by Crippen LogP contribution is 2.30. The van der Waals surface area contributed by atoms with E-state index in [4.69, 9.17) is 4.74 Å². The van der Waals surface area contributed by atoms with E-state index < -0.39 is 0 Å². The third kappa shape index (κ3) is 4.53. The minimum absolute atomic E-state index is 0.0913. The molecule has 1 heterocycles. The Hall–Kier alpha value is -1.00. The average molecular weight is 293 g/mol. The number of thioether (sulfide) groups is 1. The Morgan fingerprint density at radius 3 is 2.85 bits per heavy atom. The van der Waals surface area contributed by atoms with Gasteiger partial charge in [-0.2, -0.15) is 0 Å². The van der Waals surface area contributed by atoms with Crippen molar-refractivity contribution in [3.63, 3.8) is 0 Å². The van der Waals surface area contributed by atoms with Gasteiger partial charge in [-0.3, -0.25) is 4.79 Å². The lowest BCUT2D eigenvalue weighted by Gasteiger charge is -2.32. The quantitative estimate of drug-likeness (QED) is 0.723. The maximum Gasteiger partial charge on any atom is 0.236 e. The van der Waals surface area contributed by atoms with Gasteiger partial charge in [-0.1, -0.05) is 18.2 Å². The standard InChI is InChI=1S/C16H23NO2S/c1-19-13-6-5-11-17-12-7-10-15(16(17)18)20-14-8-3-2-4-9-14/h2-4,8-9,15H,5-7,10-13H2,1H3. The molecular formula is C16H23NO2S. The van der Waals surface area contributed by atoms with Crippen LogP contribution in [-0.2, 0) is 9.53 Å². The Morgan fingerprint density at radius 1 is 1.30 bits per heavy atom. The fourth-order valence-corrected chi connectivity index (χ4v) is 3.63. The number of carbonyl (C=O) groups is 1. The van der Waals surface area contributed by atoms with Crippen molar-refractivity contribution in [1.29, 1.82) is 0 Å². The van der Waals surface area contributed by atoms with Crippen LogP contribution in [0.5, 0.6) is 0 Å². The molecule has 1 amide bonds. The van der Waals surface area contributed by atoms with Crippen LogP contribution in [0.25, 0.3) is 0 Å². The van der Waals surface area contributed by atoms with E-state index in [0.717, 1.165) is 45.4 Å². The van der Waals surface area contributed by atoms with Gasteiger partial charge in [0.15, 0.2) is 0 Å². The summed E-state index contributed by atoms with van der Waals surface area (Å²) in [6.45, 7) is 2.57. The third-order valence-corrected chi connectivity index (χ3v) is 4.80. The first-order chi connectivity index (χ1) is 9.81. The average Bonchev–Trinajstić information content (AvgIpc) is 2.48. The molecule has 1 aliphatic rings. The second-order valence-electron chi connectivity index (χ2n) is 5.09. The first-order valence-electron chi connectivity index (χ1n) is 7.30. The van der Waals surface area contributed by atoms with Gasteiger partial charge in [0, 0.05) is 31.7 Å². The van der Waals surface area contributed by atoms with Gasteiger partial charge < -0.3 is 9.64 Å². The highest BCUT2D eigenvalue weighted by atomic mass is 32.2. The zero-order chi connectivity index (χ0) is 14.2. The molecule has 3 nitrogen and oxygen atoms in total. The molecule has 1 aromatic rings. The number of hydrogen-bond acceptors (Lipinski definition) is 3. The van der Waals surface area contributed by atoms with Gasteiger partial charge in [0.1, 0.15) is 0 Å². The van der Waals surface area contributed by atoms with E-state index in [1.54, 1.807) is 18.9 Å². The first-order valence-corrected chi connectivity index (χ1v) is 8.18. The molecule has 1 aliphatic heterocycles. The van der Waals surface area contributed by atoms with Gasteiger partial charge in [0.2, 0.25) is 5.91 Å². The molecule has 0 radical (unpaired) electrons. The van der Waals surface area contributed by atoms with Crippen molar-refractivity contribution in [1.82, 2.24) is 4.90 Å². The van der Waals surface area contributed by atoms with Crippen LogP contribution >= 0.6 is 11.8 Å². The number of rotatable bonds is 7. The van der Waals surface area contributed by atoms with E-state index in [0.29, 0.717) is 5.91 Å². The molecule has 4 heteroatoms. The van der Waals surface area contributed by atoms with E-state index in [-0.39, 0.29) is 5.25 Å². The summed E-state index contributed by atoms with van der Waals surface area (Å²) in [5.74, 6) is 0.308. The van der Waals surface area contributed by atoms with Crippen LogP contribution in [-0.4, -0.2) is 42.9 Å². The molecule has 110 valence electrons. The van der Waals surface area contributed by atoms with Gasteiger partial charge in [0.25, 0.3) is 0 Å². The Bertz CT molecular complexity index is 410. The fourth-order valence-electron chi connectivity index (χ4n) is 2.45. The van der Waals surface area contributed by atoms with Crippen LogP contribution in [0.4, 0.5) is 0 Å². The largest absolute Gasteiger partial charge is 0.385 e. The minimum atomic E-state index is 0.0913. The SMILES string of the molecule is COCCCCN1CCCC(Sc2ccccc2)C1=O. The highest BCUT2D eigenvalue weighted by molar-refractivity contribution is 8.00. The number of benzene rings is 1. The molecule has 0 bridgehead atoms. The lowest BCUT2D eigenvalue weighted by Crippen LogP contribution is -2.43. The van der Waals surface area contributed by atoms with E-state index in [1.165, 1.54) is 4.90 Å². The number of carbonyl (C=O) groups excluding carboxylic acids is 1. The summed E-state index contributed by atoms with van der Waals surface area (Å²) in [6, 6.07) is 10.2. The molecule has 1 fully saturated rings. The molecule has 1 unspecified atom stereocenters. The number of unbranched alkanes of at least 4 members (excludes halogenated alkanes) is 1. The van der Waals surface area contributed by atoms with Gasteiger partial charge in [0.05, 0.1) is 5.25 Å². The zero-order valence-corrected chi connectivity index (χ0v) is 12.9. The smallest absolute Gasteiger partial charge is 0.236 e. The third-order valence-electron chi connectivity index (χ3n) is 3.53. The van der Waals surface area contributed by atoms with Crippen molar-refractivity contribution < 1.29 is 9.53 Å². The van der Waals surface area contributed by atoms with Gasteiger partial charge in [-0.15, -0.1) is 11.8 Å². The van der Waals surface area contributed by atoms with E-state index >= 15 is 0 Å². The number of ether oxygens (including phenoxy) is 1. The summed E-state index contributed by atoms with van der Waals surface area (Å²) in [6.07, 6.45) is 4.16. The van der Waals surface area contributed by atoms with E-state index in [1.807, 2.05) is 23.1 Å². The van der Waals surface area contributed by atoms with Crippen molar-refractivity contribution in [3.8, 4) is 0 Å². The summed E-state index contributed by atoms with van der Waals surface area (Å²) in [4.78, 5) is 15.7. The van der Waals surface area contributed by atoms with E-state index in [2.05, 4.69) is 12.1 Å². The Kier molecular flexibility index (Phi) is 6.40. The molecule has 0 aromatic heterocycles. The summed E-state index contributed by atoms with van der Waals surface area (Å²) < 4.78 is 5.05. The highest BCUT2D eigenvalue weighted by Gasteiger charge is 2.28. The number of hydrogen-bond donors (Lipinski definition) is 0. The molecule has 0 N–H and O–H groups in total. The van der Waals surface area contributed by atoms with Gasteiger partial charge >= 0.3 is 0 Å². The van der Waals surface area contributed by atoms with Crippen LogP contribution in [0.3, 0.4) is 0 Å². The van der Waals surface area contributed by atoms with Crippen molar-refractivity contribution in [3.05, 3.63) is 30.3 Å². The Labute approximate surface area is 125 Å². The number of likely N-dealkylation sites (tertiary alicyclic amines) is 1. The molecule has 1 aromatic carbocycles. The molecule has 0 aliphatic carbocycles. The predicted octanol–water partition coefficient (Wildman–Crippen LogP) is 3.20. The van der Waals surface area contributed by atoms with Crippen LogP contribution in [0.15, 0.2) is 35.2 Å². The van der Waals surface area contributed by atoms with Crippen molar-refractivity contribution in [2.75, 3.05) is 26.8 Å². The number of amides is 1. The maximum atomic E-state index is 12.5.